The van der Waals surface area contributed by atoms with Crippen LogP contribution in [0.4, 0.5) is 4.39 Å². The van der Waals surface area contributed by atoms with E-state index in [1.54, 1.807) is 17.8 Å². The quantitative estimate of drug-likeness (QED) is 0.281. The monoisotopic (exact) mass is 556 g/mol. The molecule has 3 aromatic heterocycles. The summed E-state index contributed by atoms with van der Waals surface area (Å²) >= 11 is 0. The highest BCUT2D eigenvalue weighted by Crippen LogP contribution is 2.28. The van der Waals surface area contributed by atoms with Gasteiger partial charge in [0.2, 0.25) is 0 Å². The molecule has 1 aliphatic rings. The first-order valence-electron chi connectivity index (χ1n) is 13.7. The van der Waals surface area contributed by atoms with Crippen LogP contribution in [0.5, 0.6) is 0 Å². The first-order chi connectivity index (χ1) is 19.7. The molecule has 41 heavy (non-hydrogen) atoms. The third-order valence-corrected chi connectivity index (χ3v) is 7.98. The number of fused-ring (bicyclic) bond motifs is 1. The molecule has 11 heteroatoms. The third-order valence-electron chi connectivity index (χ3n) is 7.98. The number of nitrogens with one attached hydrogen (secondary N) is 1. The molecule has 0 aliphatic carbocycles. The lowest BCUT2D eigenvalue weighted by Gasteiger charge is -2.38. The van der Waals surface area contributed by atoms with Crippen molar-refractivity contribution < 1.29 is 9.50 Å². The molecule has 1 saturated heterocycles. The molecule has 4 N–H and O–H groups in total. The van der Waals surface area contributed by atoms with Gasteiger partial charge in [-0.25, -0.2) is 9.37 Å². The zero-order valence-corrected chi connectivity index (χ0v) is 23.1. The van der Waals surface area contributed by atoms with Crippen LogP contribution in [0.2, 0.25) is 0 Å². The second-order valence-corrected chi connectivity index (χ2v) is 11.0. The molecule has 0 saturated carbocycles. The Balaban J connectivity index is 1.14. The van der Waals surface area contributed by atoms with Gasteiger partial charge in [-0.2, -0.15) is 10.2 Å². The minimum atomic E-state index is -1.08. The van der Waals surface area contributed by atoms with Gasteiger partial charge < -0.3 is 10.8 Å². The smallest absolute Gasteiger partial charge is 0.281 e. The number of aromatic nitrogens is 6. The molecular formula is C30H33FN8O2. The minimum Gasteiger partial charge on any atom is -0.388 e. The summed E-state index contributed by atoms with van der Waals surface area (Å²) in [5.41, 5.74) is 10.7. The lowest BCUT2D eigenvalue weighted by Crippen LogP contribution is -2.47. The molecule has 0 atom stereocenters. The minimum absolute atomic E-state index is 0.117. The van der Waals surface area contributed by atoms with E-state index in [0.29, 0.717) is 55.8 Å². The maximum absolute atomic E-state index is 14.9. The van der Waals surface area contributed by atoms with Gasteiger partial charge in [-0.3, -0.25) is 24.0 Å². The molecule has 212 valence electrons. The summed E-state index contributed by atoms with van der Waals surface area (Å²) in [6.07, 6.45) is 2.39. The fourth-order valence-corrected chi connectivity index (χ4v) is 5.57. The van der Waals surface area contributed by atoms with Crippen LogP contribution >= 0.6 is 0 Å². The van der Waals surface area contributed by atoms with Crippen LogP contribution in [0.25, 0.3) is 33.5 Å². The Hall–Kier alpha value is -4.19. The normalized spacial score (nSPS) is 15.5. The number of hydrogen-bond donors (Lipinski definition) is 3. The molecule has 0 bridgehead atoms. The number of benzene rings is 2. The SMILES string of the molecule is Cc1cc(-c2ccc(CN3CCC(O)(Cn4cnc5c(-c6ccc(CN)cc6)n(C)nc5c4=O)CC3)c(F)c2)n[nH]1. The standard InChI is InChI=1S/C30H33FN8O2/c1-19-13-25(35-34-19)22-7-8-23(24(31)14-22)16-38-11-9-30(41,10-12-38)17-39-18-33-26-27(29(39)40)36-37(2)28(26)21-5-3-20(15-32)4-6-21/h3-8,13-14,18,41H,9-12,15-17,32H2,1-2H3,(H,34,35). The number of nitrogens with two attached hydrogens (primary N) is 1. The first kappa shape index (κ1) is 27.0. The van der Waals surface area contributed by atoms with Crippen molar-refractivity contribution in [2.24, 2.45) is 12.8 Å². The second kappa shape index (κ2) is 10.7. The Morgan fingerprint density at radius 3 is 2.46 bits per heavy atom. The molecule has 0 amide bonds. The average Bonchev–Trinajstić information content (AvgIpc) is 3.55. The van der Waals surface area contributed by atoms with Crippen LogP contribution in [0, 0.1) is 12.7 Å². The topological polar surface area (TPSA) is 131 Å². The molecule has 0 spiro atoms. The molecule has 1 aliphatic heterocycles. The van der Waals surface area contributed by atoms with E-state index in [0.717, 1.165) is 28.1 Å². The van der Waals surface area contributed by atoms with Crippen molar-refractivity contribution in [1.29, 1.82) is 0 Å². The highest BCUT2D eigenvalue weighted by atomic mass is 19.1. The highest BCUT2D eigenvalue weighted by Gasteiger charge is 2.33. The van der Waals surface area contributed by atoms with Crippen molar-refractivity contribution in [2.45, 2.75) is 45.0 Å². The maximum Gasteiger partial charge on any atom is 0.281 e. The summed E-state index contributed by atoms with van der Waals surface area (Å²) < 4.78 is 18.0. The molecule has 1 fully saturated rings. The zero-order chi connectivity index (χ0) is 28.7. The van der Waals surface area contributed by atoms with Crippen LogP contribution < -0.4 is 11.3 Å². The fourth-order valence-electron chi connectivity index (χ4n) is 5.57. The van der Waals surface area contributed by atoms with Gasteiger partial charge in [0, 0.05) is 55.6 Å². The number of H-pyrrole nitrogens is 1. The average molecular weight is 557 g/mol. The predicted octanol–water partition coefficient (Wildman–Crippen LogP) is 3.12. The van der Waals surface area contributed by atoms with Crippen LogP contribution in [0.15, 0.2) is 59.7 Å². The van der Waals surface area contributed by atoms with Crippen LogP contribution in [0.1, 0.15) is 29.7 Å². The lowest BCUT2D eigenvalue weighted by molar-refractivity contribution is -0.0366. The number of likely N-dealkylation sites (tertiary alicyclic amines) is 1. The summed E-state index contributed by atoms with van der Waals surface area (Å²) in [6.45, 7) is 4.07. The largest absolute Gasteiger partial charge is 0.388 e. The van der Waals surface area contributed by atoms with Gasteiger partial charge in [0.15, 0.2) is 5.52 Å². The molecule has 5 aromatic rings. The molecule has 2 aromatic carbocycles. The van der Waals surface area contributed by atoms with Crippen molar-refractivity contribution in [3.05, 3.63) is 87.9 Å². The molecule has 10 nitrogen and oxygen atoms in total. The maximum atomic E-state index is 14.9. The molecule has 4 heterocycles. The third kappa shape index (κ3) is 5.31. The Bertz CT molecular complexity index is 1760. The van der Waals surface area contributed by atoms with Crippen molar-refractivity contribution in [2.75, 3.05) is 13.1 Å². The van der Waals surface area contributed by atoms with Crippen molar-refractivity contribution in [3.8, 4) is 22.5 Å². The fraction of sp³-hybridized carbons (Fsp3) is 0.333. The van der Waals surface area contributed by atoms with Crippen molar-refractivity contribution in [3.63, 3.8) is 0 Å². The highest BCUT2D eigenvalue weighted by molar-refractivity contribution is 5.89. The Morgan fingerprint density at radius 2 is 1.80 bits per heavy atom. The number of halogens is 1. The van der Waals surface area contributed by atoms with Crippen molar-refractivity contribution >= 4 is 11.0 Å². The van der Waals surface area contributed by atoms with E-state index in [1.807, 2.05) is 43.3 Å². The van der Waals surface area contributed by atoms with Crippen LogP contribution in [-0.4, -0.2) is 58.2 Å². The first-order valence-corrected chi connectivity index (χ1v) is 13.7. The number of nitrogens with zero attached hydrogens (tertiary/aromatic N) is 6. The van der Waals surface area contributed by atoms with E-state index < -0.39 is 5.60 Å². The molecule has 0 unspecified atom stereocenters. The van der Waals surface area contributed by atoms with E-state index in [1.165, 1.54) is 17.0 Å². The van der Waals surface area contributed by atoms with Crippen molar-refractivity contribution in [1.82, 2.24) is 34.4 Å². The van der Waals surface area contributed by atoms with Crippen LogP contribution in [-0.2, 0) is 26.7 Å². The van der Waals surface area contributed by atoms with Gasteiger partial charge in [0.05, 0.1) is 29.9 Å². The number of hydrogen-bond acceptors (Lipinski definition) is 7. The Morgan fingerprint density at radius 1 is 1.07 bits per heavy atom. The van der Waals surface area contributed by atoms with E-state index in [4.69, 9.17) is 5.73 Å². The number of rotatable bonds is 7. The summed E-state index contributed by atoms with van der Waals surface area (Å²) in [7, 11) is 1.79. The summed E-state index contributed by atoms with van der Waals surface area (Å²) in [5, 5.41) is 22.9. The molecule has 6 rings (SSSR count). The number of aryl methyl sites for hydroxylation is 2. The number of aromatic amines is 1. The van der Waals surface area contributed by atoms with E-state index in [9.17, 15) is 14.3 Å². The number of piperidine rings is 1. The Labute approximate surface area is 236 Å². The second-order valence-electron chi connectivity index (χ2n) is 11.0. The summed E-state index contributed by atoms with van der Waals surface area (Å²) in [6, 6.07) is 14.9. The molecular weight excluding hydrogens is 523 g/mol. The summed E-state index contributed by atoms with van der Waals surface area (Å²) in [5.74, 6) is -0.278. The predicted molar refractivity (Wildman–Crippen MR) is 154 cm³/mol. The lowest BCUT2D eigenvalue weighted by atomic mass is 9.91. The van der Waals surface area contributed by atoms with E-state index in [-0.39, 0.29) is 23.4 Å². The molecule has 0 radical (unpaired) electrons. The van der Waals surface area contributed by atoms with Gasteiger partial charge in [-0.05, 0) is 37.5 Å². The van der Waals surface area contributed by atoms with Gasteiger partial charge >= 0.3 is 0 Å². The summed E-state index contributed by atoms with van der Waals surface area (Å²) in [4.78, 5) is 20.1. The van der Waals surface area contributed by atoms with Gasteiger partial charge in [0.1, 0.15) is 11.3 Å². The van der Waals surface area contributed by atoms with E-state index in [2.05, 4.69) is 25.2 Å². The van der Waals surface area contributed by atoms with Crippen LogP contribution in [0.3, 0.4) is 0 Å². The van der Waals surface area contributed by atoms with Gasteiger partial charge in [-0.15, -0.1) is 0 Å². The van der Waals surface area contributed by atoms with E-state index >= 15 is 0 Å². The van der Waals surface area contributed by atoms with Gasteiger partial charge in [0.25, 0.3) is 5.56 Å². The van der Waals surface area contributed by atoms with Gasteiger partial charge in [-0.1, -0.05) is 36.4 Å². The zero-order valence-electron chi connectivity index (χ0n) is 23.1. The number of aliphatic hydroxyl groups is 1. The Kier molecular flexibility index (Phi) is 7.02.